The van der Waals surface area contributed by atoms with Crippen LogP contribution in [0.3, 0.4) is 0 Å². The zero-order valence-corrected chi connectivity index (χ0v) is 9.04. The Morgan fingerprint density at radius 1 is 0.857 bits per heavy atom. The van der Waals surface area contributed by atoms with Crippen LogP contribution in [0.2, 0.25) is 0 Å². The fraction of sp³-hybridized carbons (Fsp3) is 1.00. The molecule has 0 aromatic carbocycles. The van der Waals surface area contributed by atoms with E-state index in [4.69, 9.17) is 0 Å². The van der Waals surface area contributed by atoms with Crippen LogP contribution < -0.4 is 5.32 Å². The minimum absolute atomic E-state index is 0.822. The highest BCUT2D eigenvalue weighted by Gasteiger charge is 2.32. The fourth-order valence-corrected chi connectivity index (χ4v) is 3.57. The smallest absolute Gasteiger partial charge is 0.0198 e. The third kappa shape index (κ3) is 1.70. The van der Waals surface area contributed by atoms with Gasteiger partial charge >= 0.3 is 0 Å². The summed E-state index contributed by atoms with van der Waals surface area (Å²) in [5.41, 5.74) is 0. The minimum Gasteiger partial charge on any atom is -0.310 e. The maximum atomic E-state index is 3.76. The molecule has 0 aromatic heterocycles. The van der Waals surface area contributed by atoms with Gasteiger partial charge < -0.3 is 5.32 Å². The third-order valence-electron chi connectivity index (χ3n) is 4.40. The molecule has 14 heavy (non-hydrogen) atoms. The van der Waals surface area contributed by atoms with Gasteiger partial charge in [0.05, 0.1) is 0 Å². The number of hydrogen-bond donors (Lipinski definition) is 1. The van der Waals surface area contributed by atoms with Crippen LogP contribution in [0.4, 0.5) is 0 Å². The molecule has 3 rings (SSSR count). The Kier molecular flexibility index (Phi) is 2.50. The first-order valence-corrected chi connectivity index (χ1v) is 6.42. The van der Waals surface area contributed by atoms with Crippen molar-refractivity contribution in [3.63, 3.8) is 0 Å². The fourth-order valence-electron chi connectivity index (χ4n) is 3.57. The van der Waals surface area contributed by atoms with Crippen LogP contribution in [0.5, 0.6) is 0 Å². The second-order valence-electron chi connectivity index (χ2n) is 5.36. The molecule has 0 aromatic rings. The minimum atomic E-state index is 0.822. The maximum absolute atomic E-state index is 3.76. The van der Waals surface area contributed by atoms with E-state index in [0.717, 1.165) is 18.1 Å². The Hall–Kier alpha value is -0.0800. The predicted molar refractivity (Wildman–Crippen MR) is 58.4 cm³/mol. The number of rotatable bonds is 1. The number of nitrogens with zero attached hydrogens (tertiary/aromatic N) is 1. The first kappa shape index (κ1) is 9.17. The van der Waals surface area contributed by atoms with E-state index in [1.807, 2.05) is 0 Å². The lowest BCUT2D eigenvalue weighted by atomic mass is 10.1. The van der Waals surface area contributed by atoms with Crippen LogP contribution in [0.25, 0.3) is 0 Å². The molecule has 2 aliphatic heterocycles. The lowest BCUT2D eigenvalue weighted by Crippen LogP contribution is -2.40. The van der Waals surface area contributed by atoms with Crippen molar-refractivity contribution < 1.29 is 0 Å². The van der Waals surface area contributed by atoms with Crippen molar-refractivity contribution in [2.24, 2.45) is 0 Å². The van der Waals surface area contributed by atoms with Crippen molar-refractivity contribution in [1.29, 1.82) is 0 Å². The molecule has 1 N–H and O–H groups in total. The van der Waals surface area contributed by atoms with Gasteiger partial charge in [0.2, 0.25) is 0 Å². The molecule has 3 aliphatic rings. The molecule has 0 amide bonds. The number of fused-ring (bicyclic) bond motifs is 2. The van der Waals surface area contributed by atoms with Crippen molar-refractivity contribution >= 4 is 0 Å². The molecule has 2 nitrogen and oxygen atoms in total. The Bertz CT molecular complexity index is 198. The van der Waals surface area contributed by atoms with Gasteiger partial charge in [0.25, 0.3) is 0 Å². The molecular weight excluding hydrogens is 172 g/mol. The summed E-state index contributed by atoms with van der Waals surface area (Å²) < 4.78 is 0. The van der Waals surface area contributed by atoms with Gasteiger partial charge in [-0.05, 0) is 38.6 Å². The highest BCUT2D eigenvalue weighted by molar-refractivity contribution is 4.92. The Morgan fingerprint density at radius 3 is 2.50 bits per heavy atom. The van der Waals surface area contributed by atoms with E-state index >= 15 is 0 Å². The maximum Gasteiger partial charge on any atom is 0.0198 e. The Balaban J connectivity index is 1.63. The number of hydrogen-bond acceptors (Lipinski definition) is 2. The second-order valence-corrected chi connectivity index (χ2v) is 5.36. The van der Waals surface area contributed by atoms with Gasteiger partial charge in [-0.1, -0.05) is 12.8 Å². The molecule has 1 saturated carbocycles. The number of nitrogens with one attached hydrogen (secondary N) is 1. The largest absolute Gasteiger partial charge is 0.310 e. The van der Waals surface area contributed by atoms with E-state index in [1.165, 1.54) is 58.0 Å². The molecule has 2 heterocycles. The normalized spacial score (nSPS) is 40.3. The first-order chi connectivity index (χ1) is 6.92. The molecule has 2 saturated heterocycles. The van der Waals surface area contributed by atoms with Gasteiger partial charge in [-0.15, -0.1) is 0 Å². The van der Waals surface area contributed by atoms with Gasteiger partial charge in [-0.2, -0.15) is 0 Å². The van der Waals surface area contributed by atoms with E-state index < -0.39 is 0 Å². The molecule has 0 radical (unpaired) electrons. The lowest BCUT2D eigenvalue weighted by molar-refractivity contribution is 0.189. The molecule has 2 bridgehead atoms. The third-order valence-corrected chi connectivity index (χ3v) is 4.40. The zero-order chi connectivity index (χ0) is 9.38. The standard InChI is InChI=1S/C12H22N2/c1-2-4-12(3-1)14-8-7-10-5-6-11(9-14)13-10/h10-13H,1-9H2. The average Bonchev–Trinajstić information content (AvgIpc) is 2.75. The average molecular weight is 194 g/mol. The molecule has 2 heteroatoms. The van der Waals surface area contributed by atoms with Crippen LogP contribution in [-0.2, 0) is 0 Å². The van der Waals surface area contributed by atoms with Crippen molar-refractivity contribution in [2.45, 2.75) is 63.1 Å². The van der Waals surface area contributed by atoms with E-state index in [2.05, 4.69) is 10.2 Å². The highest BCUT2D eigenvalue weighted by atomic mass is 15.2. The van der Waals surface area contributed by atoms with Crippen LogP contribution >= 0.6 is 0 Å². The zero-order valence-electron chi connectivity index (χ0n) is 9.04. The summed E-state index contributed by atoms with van der Waals surface area (Å²) in [4.78, 5) is 2.78. The van der Waals surface area contributed by atoms with Crippen LogP contribution in [0, 0.1) is 0 Å². The van der Waals surface area contributed by atoms with Gasteiger partial charge in [-0.3, -0.25) is 4.90 Å². The van der Waals surface area contributed by atoms with Crippen LogP contribution in [-0.4, -0.2) is 36.1 Å². The Morgan fingerprint density at radius 2 is 1.64 bits per heavy atom. The second kappa shape index (κ2) is 3.82. The molecule has 80 valence electrons. The first-order valence-electron chi connectivity index (χ1n) is 6.42. The predicted octanol–water partition coefficient (Wildman–Crippen LogP) is 1.76. The van der Waals surface area contributed by atoms with E-state index in [1.54, 1.807) is 0 Å². The number of likely N-dealkylation sites (tertiary alicyclic amines) is 1. The summed E-state index contributed by atoms with van der Waals surface area (Å²) in [6, 6.07) is 2.62. The highest BCUT2D eigenvalue weighted by Crippen LogP contribution is 2.28. The summed E-state index contributed by atoms with van der Waals surface area (Å²) in [5.74, 6) is 0. The Labute approximate surface area is 87.0 Å². The van der Waals surface area contributed by atoms with Gasteiger partial charge in [0.1, 0.15) is 0 Å². The van der Waals surface area contributed by atoms with Crippen molar-refractivity contribution in [3.05, 3.63) is 0 Å². The SMILES string of the molecule is C1CCC(N2CCC3CCC(C2)N3)C1. The van der Waals surface area contributed by atoms with Crippen molar-refractivity contribution in [2.75, 3.05) is 13.1 Å². The summed E-state index contributed by atoms with van der Waals surface area (Å²) in [5, 5.41) is 3.76. The molecular formula is C12H22N2. The van der Waals surface area contributed by atoms with Crippen molar-refractivity contribution in [3.8, 4) is 0 Å². The summed E-state index contributed by atoms with van der Waals surface area (Å²) in [6.45, 7) is 2.69. The van der Waals surface area contributed by atoms with Gasteiger partial charge in [0, 0.05) is 24.7 Å². The van der Waals surface area contributed by atoms with Crippen LogP contribution in [0.15, 0.2) is 0 Å². The van der Waals surface area contributed by atoms with Gasteiger partial charge in [0.15, 0.2) is 0 Å². The van der Waals surface area contributed by atoms with Crippen LogP contribution in [0.1, 0.15) is 44.9 Å². The molecule has 1 aliphatic carbocycles. The molecule has 2 unspecified atom stereocenters. The molecule has 0 spiro atoms. The van der Waals surface area contributed by atoms with E-state index in [0.29, 0.717) is 0 Å². The van der Waals surface area contributed by atoms with E-state index in [9.17, 15) is 0 Å². The molecule has 2 atom stereocenters. The van der Waals surface area contributed by atoms with Crippen molar-refractivity contribution in [1.82, 2.24) is 10.2 Å². The molecule has 3 fully saturated rings. The van der Waals surface area contributed by atoms with Gasteiger partial charge in [-0.25, -0.2) is 0 Å². The summed E-state index contributed by atoms with van der Waals surface area (Å²) >= 11 is 0. The van der Waals surface area contributed by atoms with E-state index in [-0.39, 0.29) is 0 Å². The lowest BCUT2D eigenvalue weighted by Gasteiger charge is -2.29. The summed E-state index contributed by atoms with van der Waals surface area (Å²) in [6.07, 6.45) is 10.1. The quantitative estimate of drug-likeness (QED) is 0.684. The topological polar surface area (TPSA) is 15.3 Å². The monoisotopic (exact) mass is 194 g/mol. The summed E-state index contributed by atoms with van der Waals surface area (Å²) in [7, 11) is 0.